The van der Waals surface area contributed by atoms with Crippen molar-refractivity contribution >= 4 is 46.0 Å². The quantitative estimate of drug-likeness (QED) is 0.323. The summed E-state index contributed by atoms with van der Waals surface area (Å²) >= 11 is 0. The van der Waals surface area contributed by atoms with Gasteiger partial charge in [0.1, 0.15) is 16.8 Å². The summed E-state index contributed by atoms with van der Waals surface area (Å²) < 4.78 is 20.1. The predicted octanol–water partition coefficient (Wildman–Crippen LogP) is 5.74. The fourth-order valence-electron chi connectivity index (χ4n) is 4.39. The number of ether oxygens (including phenoxy) is 1. The van der Waals surface area contributed by atoms with Crippen molar-refractivity contribution in [2.24, 2.45) is 0 Å². The van der Waals surface area contributed by atoms with Gasteiger partial charge in [-0.05, 0) is 48.5 Å². The van der Waals surface area contributed by atoms with Gasteiger partial charge in [0.2, 0.25) is 0 Å². The maximum atomic E-state index is 5.92. The van der Waals surface area contributed by atoms with E-state index in [1.807, 2.05) is 36.4 Å². The highest BCUT2D eigenvalue weighted by molar-refractivity contribution is 7.79. The summed E-state index contributed by atoms with van der Waals surface area (Å²) in [7, 11) is 0.601. The topological polar surface area (TPSA) is 40.4 Å². The fourth-order valence-corrected chi connectivity index (χ4v) is 6.64. The molecule has 0 atom stereocenters. The second kappa shape index (κ2) is 7.74. The van der Waals surface area contributed by atoms with Gasteiger partial charge in [-0.1, -0.05) is 42.5 Å². The van der Waals surface area contributed by atoms with Crippen LogP contribution >= 0.6 is 7.92 Å². The summed E-state index contributed by atoms with van der Waals surface area (Å²) in [6.45, 7) is 0. The summed E-state index contributed by atoms with van der Waals surface area (Å²) in [6, 6.07) is 31.1. The van der Waals surface area contributed by atoms with Gasteiger partial charge in [0.25, 0.3) is 0 Å². The van der Waals surface area contributed by atoms with Gasteiger partial charge in [-0.2, -0.15) is 0 Å². The van der Waals surface area contributed by atoms with E-state index < -0.39 is 7.92 Å². The number of para-hydroxylation sites is 2. The van der Waals surface area contributed by atoms with Crippen LogP contribution in [-0.2, 0) is 0 Å². The van der Waals surface area contributed by atoms with E-state index in [1.54, 1.807) is 19.6 Å². The van der Waals surface area contributed by atoms with Gasteiger partial charge in [0.05, 0.1) is 49.6 Å². The lowest BCUT2D eigenvalue weighted by Gasteiger charge is -2.21. The van der Waals surface area contributed by atoms with Crippen LogP contribution in [0.4, 0.5) is 0 Å². The molecule has 0 saturated carbocycles. The molecule has 0 N–H and O–H groups in total. The van der Waals surface area contributed by atoms with Crippen molar-refractivity contribution in [2.45, 2.75) is 0 Å². The molecule has 3 aromatic heterocycles. The third kappa shape index (κ3) is 2.88. The molecule has 0 spiro atoms. The Hall–Kier alpha value is -3.75. The van der Waals surface area contributed by atoms with E-state index in [4.69, 9.17) is 13.6 Å². The Morgan fingerprint density at radius 3 is 1.78 bits per heavy atom. The molecule has 0 aliphatic carbocycles. The Bertz CT molecular complexity index is 1430. The van der Waals surface area contributed by atoms with Crippen molar-refractivity contribution in [3.63, 3.8) is 0 Å². The molecule has 0 unspecified atom stereocenters. The van der Waals surface area contributed by atoms with E-state index in [9.17, 15) is 0 Å². The van der Waals surface area contributed by atoms with Gasteiger partial charge >= 0.3 is 0 Å². The number of hydrogen-bond acceptors (Lipinski definition) is 3. The van der Waals surface area contributed by atoms with Gasteiger partial charge < -0.3 is 18.1 Å². The number of rotatable bonds is 5. The van der Waals surface area contributed by atoms with Crippen molar-refractivity contribution < 1.29 is 13.6 Å². The minimum Gasteiger partial charge on any atom is -0.496 e. The van der Waals surface area contributed by atoms with E-state index >= 15 is 0 Å². The first-order valence-electron chi connectivity index (χ1n) is 10.4. The van der Waals surface area contributed by atoms with Gasteiger partial charge in [0.15, 0.2) is 0 Å². The highest BCUT2D eigenvalue weighted by Crippen LogP contribution is 2.41. The first-order chi connectivity index (χ1) is 15.9. The standard InChI is InChI=1S/C27H20NO3P/c1-29-24-14-6-13-23(27(24)32(25-15-7-17-30-25)26-16-8-18-31-26)28-21-11-4-2-9-19(21)20-10-3-5-12-22(20)28/h2-18H,1H3. The van der Waals surface area contributed by atoms with Gasteiger partial charge in [-0.15, -0.1) is 0 Å². The number of benzene rings is 3. The molecule has 0 amide bonds. The molecule has 0 fully saturated rings. The van der Waals surface area contributed by atoms with Crippen molar-refractivity contribution in [1.29, 1.82) is 0 Å². The van der Waals surface area contributed by atoms with Gasteiger partial charge in [-0.3, -0.25) is 0 Å². The third-order valence-electron chi connectivity index (χ3n) is 5.70. The van der Waals surface area contributed by atoms with Gasteiger partial charge in [0, 0.05) is 10.8 Å². The van der Waals surface area contributed by atoms with Crippen LogP contribution in [0.3, 0.4) is 0 Å². The molecular weight excluding hydrogens is 417 g/mol. The van der Waals surface area contributed by atoms with Crippen LogP contribution in [-0.4, -0.2) is 11.7 Å². The zero-order chi connectivity index (χ0) is 21.5. The summed E-state index contributed by atoms with van der Waals surface area (Å²) in [4.78, 5) is 0. The van der Waals surface area contributed by atoms with Crippen LogP contribution in [0.25, 0.3) is 27.5 Å². The molecule has 5 heteroatoms. The number of nitrogens with zero attached hydrogens (tertiary/aromatic N) is 1. The van der Waals surface area contributed by atoms with Crippen LogP contribution in [0.15, 0.2) is 112 Å². The number of hydrogen-bond donors (Lipinski definition) is 0. The lowest BCUT2D eigenvalue weighted by atomic mass is 10.2. The molecule has 0 aliphatic heterocycles. The molecule has 156 valence electrons. The summed E-state index contributed by atoms with van der Waals surface area (Å²) in [5, 5.41) is 3.50. The van der Waals surface area contributed by atoms with Crippen molar-refractivity contribution in [3.05, 3.63) is 104 Å². The van der Waals surface area contributed by atoms with Crippen LogP contribution in [0, 0.1) is 0 Å². The molecule has 0 aliphatic rings. The van der Waals surface area contributed by atoms with Gasteiger partial charge in [-0.25, -0.2) is 0 Å². The maximum Gasteiger partial charge on any atom is 0.137 e. The number of aromatic nitrogens is 1. The molecule has 3 heterocycles. The summed E-state index contributed by atoms with van der Waals surface area (Å²) in [5.74, 6) is 0.809. The normalized spacial score (nSPS) is 11.6. The van der Waals surface area contributed by atoms with Crippen molar-refractivity contribution in [3.8, 4) is 11.4 Å². The predicted molar refractivity (Wildman–Crippen MR) is 131 cm³/mol. The molecule has 3 aromatic carbocycles. The Morgan fingerprint density at radius 1 is 0.656 bits per heavy atom. The summed E-state index contributed by atoms with van der Waals surface area (Å²) in [6.07, 6.45) is 3.42. The number of methoxy groups -OCH3 is 1. The molecule has 0 radical (unpaired) electrons. The Labute approximate surface area is 186 Å². The molecule has 4 nitrogen and oxygen atoms in total. The molecule has 6 aromatic rings. The van der Waals surface area contributed by atoms with Crippen LogP contribution in [0.5, 0.6) is 5.75 Å². The average Bonchev–Trinajstić information content (AvgIpc) is 3.61. The van der Waals surface area contributed by atoms with Crippen LogP contribution in [0.2, 0.25) is 0 Å². The zero-order valence-electron chi connectivity index (χ0n) is 17.4. The van der Waals surface area contributed by atoms with Crippen molar-refractivity contribution in [1.82, 2.24) is 4.57 Å². The summed E-state index contributed by atoms with van der Waals surface area (Å²) in [5.41, 5.74) is 5.08. The average molecular weight is 437 g/mol. The first kappa shape index (κ1) is 19.0. The van der Waals surface area contributed by atoms with Crippen LogP contribution in [0.1, 0.15) is 0 Å². The lowest BCUT2D eigenvalue weighted by Crippen LogP contribution is -2.24. The van der Waals surface area contributed by atoms with E-state index in [2.05, 4.69) is 59.2 Å². The molecule has 0 saturated heterocycles. The van der Waals surface area contributed by atoms with Crippen LogP contribution < -0.4 is 21.0 Å². The molecule has 6 rings (SSSR count). The Balaban J connectivity index is 1.74. The smallest absolute Gasteiger partial charge is 0.137 e. The van der Waals surface area contributed by atoms with E-state index in [-0.39, 0.29) is 0 Å². The minimum absolute atomic E-state index is 0.809. The third-order valence-corrected chi connectivity index (χ3v) is 7.98. The Morgan fingerprint density at radius 2 is 1.25 bits per heavy atom. The monoisotopic (exact) mass is 437 g/mol. The second-order valence-electron chi connectivity index (χ2n) is 7.44. The van der Waals surface area contributed by atoms with E-state index in [0.717, 1.165) is 38.8 Å². The molecular formula is C27H20NO3P. The highest BCUT2D eigenvalue weighted by atomic mass is 31.1. The minimum atomic E-state index is -1.11. The zero-order valence-corrected chi connectivity index (χ0v) is 18.3. The molecule has 32 heavy (non-hydrogen) atoms. The number of furan rings is 2. The SMILES string of the molecule is COc1cccc(-n2c3ccccc3c3ccccc32)c1P(c1ccco1)c1ccco1. The first-order valence-corrected chi connectivity index (χ1v) is 11.7. The fraction of sp³-hybridized carbons (Fsp3) is 0.0370. The second-order valence-corrected chi connectivity index (χ2v) is 9.44. The Kier molecular flexibility index (Phi) is 4.59. The van der Waals surface area contributed by atoms with E-state index in [0.29, 0.717) is 0 Å². The maximum absolute atomic E-state index is 5.92. The van der Waals surface area contributed by atoms with E-state index in [1.165, 1.54) is 10.8 Å². The lowest BCUT2D eigenvalue weighted by molar-refractivity contribution is 0.418. The largest absolute Gasteiger partial charge is 0.496 e. The molecule has 0 bridgehead atoms. The number of fused-ring (bicyclic) bond motifs is 3. The van der Waals surface area contributed by atoms with Crippen molar-refractivity contribution in [2.75, 3.05) is 7.11 Å². The highest BCUT2D eigenvalue weighted by Gasteiger charge is 2.29.